The van der Waals surface area contributed by atoms with Crippen LogP contribution < -0.4 is 0 Å². The van der Waals surface area contributed by atoms with Gasteiger partial charge in [0.1, 0.15) is 0 Å². The largest absolute Gasteiger partial charge is 0.355 e. The van der Waals surface area contributed by atoms with Gasteiger partial charge in [0.2, 0.25) is 0 Å². The minimum Gasteiger partial charge on any atom is -0.355 e. The molecule has 0 fully saturated rings. The summed E-state index contributed by atoms with van der Waals surface area (Å²) in [5.41, 5.74) is 5.05. The SMILES string of the molecule is CC(c1cccc(C(C)(c2ccc(C=O)[nH]2)c2ccc(C=O)[nH]2)c1)(c1ccc(C=O)[nH]1)c1ccc(C=O)[nH]1. The lowest BCUT2D eigenvalue weighted by atomic mass is 9.72. The van der Waals surface area contributed by atoms with Gasteiger partial charge in [-0.25, -0.2) is 0 Å². The first kappa shape index (κ1) is 24.7. The van der Waals surface area contributed by atoms with Gasteiger partial charge in [0.25, 0.3) is 0 Å². The number of aldehydes is 4. The first-order valence-electron chi connectivity index (χ1n) is 12.1. The standard InChI is InChI=1S/C30H26N4O4/c1-29(25-10-6-21(15-35)31-25,26-11-7-22(16-36)32-26)19-4-3-5-20(14-19)30(2,27-12-8-23(17-37)33-27)28-13-9-24(18-38)34-28/h3-18,31-34H,1-2H3. The Morgan fingerprint density at radius 3 is 1.00 bits per heavy atom. The van der Waals surface area contributed by atoms with Crippen LogP contribution in [-0.2, 0) is 10.8 Å². The van der Waals surface area contributed by atoms with Crippen molar-refractivity contribution in [2.24, 2.45) is 0 Å². The fraction of sp³-hybridized carbons (Fsp3) is 0.133. The Bertz CT molecular complexity index is 1440. The van der Waals surface area contributed by atoms with Gasteiger partial charge in [0.05, 0.1) is 33.6 Å². The van der Waals surface area contributed by atoms with Crippen LogP contribution in [0.15, 0.2) is 72.8 Å². The van der Waals surface area contributed by atoms with E-state index in [-0.39, 0.29) is 0 Å². The van der Waals surface area contributed by atoms with Crippen LogP contribution >= 0.6 is 0 Å². The van der Waals surface area contributed by atoms with Gasteiger partial charge < -0.3 is 19.9 Å². The maximum atomic E-state index is 11.5. The molecule has 5 aromatic rings. The van der Waals surface area contributed by atoms with Gasteiger partial charge in [-0.3, -0.25) is 19.2 Å². The van der Waals surface area contributed by atoms with Gasteiger partial charge in [-0.2, -0.15) is 0 Å². The molecule has 0 aliphatic heterocycles. The summed E-state index contributed by atoms with van der Waals surface area (Å²) >= 11 is 0. The van der Waals surface area contributed by atoms with Gasteiger partial charge in [0, 0.05) is 22.8 Å². The minimum atomic E-state index is -0.785. The van der Waals surface area contributed by atoms with Gasteiger partial charge in [-0.05, 0) is 73.5 Å². The Labute approximate surface area is 218 Å². The lowest BCUT2D eigenvalue weighted by Gasteiger charge is -2.33. The first-order chi connectivity index (χ1) is 18.4. The monoisotopic (exact) mass is 506 g/mol. The van der Waals surface area contributed by atoms with E-state index in [0.29, 0.717) is 22.8 Å². The molecule has 190 valence electrons. The highest BCUT2D eigenvalue weighted by Gasteiger charge is 2.38. The second-order valence-corrected chi connectivity index (χ2v) is 9.61. The van der Waals surface area contributed by atoms with Gasteiger partial charge >= 0.3 is 0 Å². The molecule has 38 heavy (non-hydrogen) atoms. The van der Waals surface area contributed by atoms with Gasteiger partial charge in [0.15, 0.2) is 25.1 Å². The summed E-state index contributed by atoms with van der Waals surface area (Å²) < 4.78 is 0. The fourth-order valence-electron chi connectivity index (χ4n) is 5.14. The van der Waals surface area contributed by atoms with Crippen molar-refractivity contribution >= 4 is 25.1 Å². The van der Waals surface area contributed by atoms with Crippen LogP contribution in [0, 0.1) is 0 Å². The summed E-state index contributed by atoms with van der Waals surface area (Å²) in [6.07, 6.45) is 3.03. The van der Waals surface area contributed by atoms with Gasteiger partial charge in [-0.1, -0.05) is 24.3 Å². The predicted octanol–water partition coefficient (Wildman–Crippen LogP) is 4.96. The van der Waals surface area contributed by atoms with E-state index in [0.717, 1.165) is 59.0 Å². The lowest BCUT2D eigenvalue weighted by Crippen LogP contribution is -2.30. The molecule has 4 aromatic heterocycles. The lowest BCUT2D eigenvalue weighted by molar-refractivity contribution is 0.111. The third-order valence-corrected chi connectivity index (χ3v) is 7.51. The van der Waals surface area contributed by atoms with Crippen molar-refractivity contribution in [2.45, 2.75) is 24.7 Å². The van der Waals surface area contributed by atoms with E-state index in [4.69, 9.17) is 0 Å². The average Bonchev–Trinajstić information content (AvgIpc) is 3.77. The number of benzene rings is 1. The molecule has 4 heterocycles. The molecular weight excluding hydrogens is 480 g/mol. The van der Waals surface area contributed by atoms with E-state index in [9.17, 15) is 19.2 Å². The molecule has 0 unspecified atom stereocenters. The molecule has 0 aliphatic rings. The Hall–Kier alpha value is -4.98. The van der Waals surface area contributed by atoms with E-state index in [1.165, 1.54) is 0 Å². The third-order valence-electron chi connectivity index (χ3n) is 7.51. The molecule has 0 atom stereocenters. The Kier molecular flexibility index (Phi) is 6.16. The topological polar surface area (TPSA) is 131 Å². The summed E-state index contributed by atoms with van der Waals surface area (Å²) in [5.74, 6) is 0. The zero-order valence-corrected chi connectivity index (χ0v) is 20.9. The minimum absolute atomic E-state index is 0.440. The number of rotatable bonds is 10. The number of carbonyl (C=O) groups excluding carboxylic acids is 4. The van der Waals surface area contributed by atoms with Crippen molar-refractivity contribution in [1.82, 2.24) is 19.9 Å². The van der Waals surface area contributed by atoms with Gasteiger partial charge in [-0.15, -0.1) is 0 Å². The number of H-pyrrole nitrogens is 4. The van der Waals surface area contributed by atoms with Crippen molar-refractivity contribution in [3.8, 4) is 0 Å². The molecule has 8 heteroatoms. The normalized spacial score (nSPS) is 11.8. The number of hydrogen-bond acceptors (Lipinski definition) is 4. The van der Waals surface area contributed by atoms with E-state index in [1.807, 2.05) is 56.3 Å². The van der Waals surface area contributed by atoms with Crippen molar-refractivity contribution in [2.75, 3.05) is 0 Å². The number of aromatic amines is 4. The summed E-state index contributed by atoms with van der Waals surface area (Å²) in [5, 5.41) is 0. The summed E-state index contributed by atoms with van der Waals surface area (Å²) in [6, 6.07) is 22.3. The van der Waals surface area contributed by atoms with E-state index in [1.54, 1.807) is 24.3 Å². The summed E-state index contributed by atoms with van der Waals surface area (Å²) in [7, 11) is 0. The second kappa shape index (κ2) is 9.48. The van der Waals surface area contributed by atoms with Crippen LogP contribution in [-0.4, -0.2) is 45.1 Å². The highest BCUT2D eigenvalue weighted by Crippen LogP contribution is 2.42. The van der Waals surface area contributed by atoms with Crippen LogP contribution in [0.25, 0.3) is 0 Å². The maximum absolute atomic E-state index is 11.5. The zero-order chi connectivity index (χ0) is 26.9. The predicted molar refractivity (Wildman–Crippen MR) is 142 cm³/mol. The van der Waals surface area contributed by atoms with Crippen molar-refractivity contribution in [3.63, 3.8) is 0 Å². The Morgan fingerprint density at radius 1 is 0.474 bits per heavy atom. The third kappa shape index (κ3) is 3.87. The molecule has 4 N–H and O–H groups in total. The maximum Gasteiger partial charge on any atom is 0.166 e. The van der Waals surface area contributed by atoms with Crippen LogP contribution in [0.1, 0.15) is 89.7 Å². The quantitative estimate of drug-likeness (QED) is 0.199. The van der Waals surface area contributed by atoms with Crippen LogP contribution in [0.5, 0.6) is 0 Å². The first-order valence-corrected chi connectivity index (χ1v) is 12.1. The number of aromatic nitrogens is 4. The Morgan fingerprint density at radius 2 is 0.763 bits per heavy atom. The van der Waals surface area contributed by atoms with E-state index in [2.05, 4.69) is 26.0 Å². The Balaban J connectivity index is 1.74. The van der Waals surface area contributed by atoms with Crippen molar-refractivity contribution in [3.05, 3.63) is 129 Å². The summed E-state index contributed by atoms with van der Waals surface area (Å²) in [6.45, 7) is 4.03. The second-order valence-electron chi connectivity index (χ2n) is 9.61. The molecule has 0 saturated carbocycles. The molecule has 0 amide bonds. The zero-order valence-electron chi connectivity index (χ0n) is 20.9. The van der Waals surface area contributed by atoms with Crippen LogP contribution in [0.4, 0.5) is 0 Å². The molecule has 8 nitrogen and oxygen atoms in total. The highest BCUT2D eigenvalue weighted by molar-refractivity contribution is 5.75. The average molecular weight is 507 g/mol. The van der Waals surface area contributed by atoms with Crippen molar-refractivity contribution in [1.29, 1.82) is 0 Å². The molecular formula is C30H26N4O4. The summed E-state index contributed by atoms with van der Waals surface area (Å²) in [4.78, 5) is 58.7. The van der Waals surface area contributed by atoms with E-state index < -0.39 is 10.8 Å². The molecule has 0 spiro atoms. The fourth-order valence-corrected chi connectivity index (χ4v) is 5.14. The molecule has 0 saturated heterocycles. The van der Waals surface area contributed by atoms with E-state index >= 15 is 0 Å². The van der Waals surface area contributed by atoms with Crippen molar-refractivity contribution < 1.29 is 19.2 Å². The molecule has 0 bridgehead atoms. The number of nitrogens with one attached hydrogen (secondary N) is 4. The molecule has 0 aliphatic carbocycles. The molecule has 1 aromatic carbocycles. The molecule has 0 radical (unpaired) electrons. The number of carbonyl (C=O) groups is 4. The van der Waals surface area contributed by atoms with Crippen LogP contribution in [0.3, 0.4) is 0 Å². The number of hydrogen-bond donors (Lipinski definition) is 4. The molecule has 5 rings (SSSR count). The smallest absolute Gasteiger partial charge is 0.166 e. The highest BCUT2D eigenvalue weighted by atomic mass is 16.1. The van der Waals surface area contributed by atoms with Crippen LogP contribution in [0.2, 0.25) is 0 Å².